The molecule has 1 unspecified atom stereocenters. The Bertz CT molecular complexity index is 1210. The van der Waals surface area contributed by atoms with Gasteiger partial charge in [-0.05, 0) is 66.4 Å². The normalized spacial score (nSPS) is 13.3. The van der Waals surface area contributed by atoms with Crippen LogP contribution in [0.1, 0.15) is 15.7 Å². The number of benzene rings is 2. The number of hydrogen-bond donors (Lipinski definition) is 1. The Morgan fingerprint density at radius 2 is 1.76 bits per heavy atom. The zero-order chi connectivity index (χ0) is 21.2. The highest BCUT2D eigenvalue weighted by atomic mass is 35.5. The minimum absolute atomic E-state index is 0.0393. The predicted octanol–water partition coefficient (Wildman–Crippen LogP) is 4.34. The van der Waals surface area contributed by atoms with Gasteiger partial charge >= 0.3 is 0 Å². The largest absolute Gasteiger partial charge is 0.240 e. The summed E-state index contributed by atoms with van der Waals surface area (Å²) in [7, 11) is -7.94. The molecule has 1 N–H and O–H groups in total. The first-order valence-corrected chi connectivity index (χ1v) is 12.7. The van der Waals surface area contributed by atoms with E-state index in [1.54, 1.807) is 17.5 Å². The van der Waals surface area contributed by atoms with Crippen LogP contribution < -0.4 is 4.72 Å². The summed E-state index contributed by atoms with van der Waals surface area (Å²) in [5.41, 5.74) is 0.228. The van der Waals surface area contributed by atoms with Crippen molar-refractivity contribution in [2.75, 3.05) is 6.54 Å². The van der Waals surface area contributed by atoms with Gasteiger partial charge < -0.3 is 0 Å². The Hall–Kier alpha value is -1.78. The van der Waals surface area contributed by atoms with Crippen LogP contribution in [-0.2, 0) is 19.9 Å². The van der Waals surface area contributed by atoms with Gasteiger partial charge in [-0.2, -0.15) is 0 Å². The molecule has 0 spiro atoms. The molecule has 1 atom stereocenters. The minimum atomic E-state index is -4.04. The average molecular weight is 474 g/mol. The van der Waals surface area contributed by atoms with E-state index < -0.39 is 30.9 Å². The summed E-state index contributed by atoms with van der Waals surface area (Å²) >= 11 is 7.06. The van der Waals surface area contributed by atoms with Crippen molar-refractivity contribution in [2.24, 2.45) is 0 Å². The maximum absolute atomic E-state index is 13.3. The highest BCUT2D eigenvalue weighted by molar-refractivity contribution is 7.92. The van der Waals surface area contributed by atoms with Gasteiger partial charge in [0.15, 0.2) is 9.84 Å². The number of sulfone groups is 1. The van der Waals surface area contributed by atoms with E-state index in [1.165, 1.54) is 42.5 Å². The topological polar surface area (TPSA) is 80.3 Å². The smallest absolute Gasteiger partial charge is 0.223 e. The first-order valence-electron chi connectivity index (χ1n) is 8.40. The fraction of sp³-hybridized carbons (Fsp3) is 0.158. The number of nitrogens with one attached hydrogen (secondary N) is 1. The predicted molar refractivity (Wildman–Crippen MR) is 112 cm³/mol. The van der Waals surface area contributed by atoms with Crippen LogP contribution in [0.5, 0.6) is 0 Å². The molecule has 0 bridgehead atoms. The van der Waals surface area contributed by atoms with E-state index in [0.717, 1.165) is 18.2 Å². The Balaban J connectivity index is 1.94. The first kappa shape index (κ1) is 21.9. The molecule has 0 saturated heterocycles. The average Bonchev–Trinajstić information content (AvgIpc) is 3.15. The molecule has 0 fully saturated rings. The molecular weight excluding hydrogens is 457 g/mol. The van der Waals surface area contributed by atoms with E-state index >= 15 is 0 Å². The van der Waals surface area contributed by atoms with Gasteiger partial charge in [0, 0.05) is 16.4 Å². The van der Waals surface area contributed by atoms with Crippen LogP contribution in [0.25, 0.3) is 0 Å². The highest BCUT2D eigenvalue weighted by Gasteiger charge is 2.32. The molecule has 0 saturated carbocycles. The van der Waals surface area contributed by atoms with Crippen molar-refractivity contribution >= 4 is 42.8 Å². The maximum atomic E-state index is 13.3. The van der Waals surface area contributed by atoms with Gasteiger partial charge in [0.05, 0.1) is 9.79 Å². The summed E-state index contributed by atoms with van der Waals surface area (Å²) in [4.78, 5) is 0.434. The van der Waals surface area contributed by atoms with E-state index in [4.69, 9.17) is 11.6 Å². The molecule has 0 aliphatic carbocycles. The van der Waals surface area contributed by atoms with Crippen molar-refractivity contribution in [2.45, 2.75) is 22.0 Å². The van der Waals surface area contributed by atoms with Gasteiger partial charge in [0.1, 0.15) is 11.1 Å². The molecule has 3 aromatic rings. The summed E-state index contributed by atoms with van der Waals surface area (Å²) in [5, 5.41) is 0.988. The Morgan fingerprint density at radius 3 is 2.34 bits per heavy atom. The molecule has 1 heterocycles. The fourth-order valence-electron chi connectivity index (χ4n) is 2.80. The maximum Gasteiger partial charge on any atom is 0.240 e. The molecule has 154 valence electrons. The van der Waals surface area contributed by atoms with E-state index in [2.05, 4.69) is 4.72 Å². The summed E-state index contributed by atoms with van der Waals surface area (Å²) in [6.45, 7) is 1.10. The summed E-state index contributed by atoms with van der Waals surface area (Å²) in [6.07, 6.45) is 0. The fourth-order valence-corrected chi connectivity index (χ4v) is 7.09. The standard InChI is InChI=1S/C19H17ClFNO4S3/c1-13-11-15(21)6-9-18(13)29(25,26)22-12-19(17-3-2-10-27-17)28(23,24)16-7-4-14(20)5-8-16/h2-11,19,22H,12H2,1H3. The van der Waals surface area contributed by atoms with E-state index in [-0.39, 0.29) is 21.9 Å². The number of aryl methyl sites for hydroxylation is 1. The lowest BCUT2D eigenvalue weighted by atomic mass is 10.2. The lowest BCUT2D eigenvalue weighted by Crippen LogP contribution is -2.32. The lowest BCUT2D eigenvalue weighted by molar-refractivity contribution is 0.569. The monoisotopic (exact) mass is 473 g/mol. The molecular formula is C19H17ClFNO4S3. The van der Waals surface area contributed by atoms with Crippen LogP contribution in [0.4, 0.5) is 4.39 Å². The molecule has 5 nitrogen and oxygen atoms in total. The van der Waals surface area contributed by atoms with Crippen molar-refractivity contribution in [1.29, 1.82) is 0 Å². The Morgan fingerprint density at radius 1 is 1.07 bits per heavy atom. The Labute approximate surface area is 178 Å². The molecule has 0 amide bonds. The van der Waals surface area contributed by atoms with Crippen LogP contribution in [0.15, 0.2) is 69.8 Å². The van der Waals surface area contributed by atoms with Gasteiger partial charge in [-0.3, -0.25) is 0 Å². The zero-order valence-electron chi connectivity index (χ0n) is 15.2. The van der Waals surface area contributed by atoms with Crippen molar-refractivity contribution in [1.82, 2.24) is 4.72 Å². The second-order valence-corrected chi connectivity index (χ2v) is 11.5. The molecule has 3 rings (SSSR count). The lowest BCUT2D eigenvalue weighted by Gasteiger charge is -2.18. The quantitative estimate of drug-likeness (QED) is 0.553. The molecule has 0 aliphatic heterocycles. The third-order valence-electron chi connectivity index (χ3n) is 4.26. The minimum Gasteiger partial charge on any atom is -0.223 e. The first-order chi connectivity index (χ1) is 13.6. The Kier molecular flexibility index (Phi) is 6.45. The molecule has 2 aromatic carbocycles. The number of halogens is 2. The number of sulfonamides is 1. The van der Waals surface area contributed by atoms with E-state index in [9.17, 15) is 21.2 Å². The SMILES string of the molecule is Cc1cc(F)ccc1S(=O)(=O)NCC(c1cccs1)S(=O)(=O)c1ccc(Cl)cc1. The van der Waals surface area contributed by atoms with E-state index in [0.29, 0.717) is 9.90 Å². The van der Waals surface area contributed by atoms with Crippen LogP contribution in [-0.4, -0.2) is 23.4 Å². The number of rotatable bonds is 7. The summed E-state index contributed by atoms with van der Waals surface area (Å²) in [5.74, 6) is -0.553. The van der Waals surface area contributed by atoms with Crippen LogP contribution in [0.3, 0.4) is 0 Å². The van der Waals surface area contributed by atoms with Crippen molar-refractivity contribution < 1.29 is 21.2 Å². The third-order valence-corrected chi connectivity index (χ3v) is 9.33. The van der Waals surface area contributed by atoms with Gasteiger partial charge in [-0.15, -0.1) is 11.3 Å². The second kappa shape index (κ2) is 8.53. The summed E-state index contributed by atoms with van der Waals surface area (Å²) < 4.78 is 67.4. The van der Waals surface area contributed by atoms with Crippen molar-refractivity contribution in [3.8, 4) is 0 Å². The molecule has 1 aromatic heterocycles. The number of hydrogen-bond acceptors (Lipinski definition) is 5. The molecule has 0 aliphatic rings. The third kappa shape index (κ3) is 4.87. The van der Waals surface area contributed by atoms with Gasteiger partial charge in [0.25, 0.3) is 0 Å². The van der Waals surface area contributed by atoms with Gasteiger partial charge in [-0.25, -0.2) is 25.9 Å². The van der Waals surface area contributed by atoms with Crippen molar-refractivity contribution in [3.05, 3.63) is 81.3 Å². The summed E-state index contributed by atoms with van der Waals surface area (Å²) in [6, 6.07) is 12.3. The van der Waals surface area contributed by atoms with Gasteiger partial charge in [0.2, 0.25) is 10.0 Å². The van der Waals surface area contributed by atoms with Crippen LogP contribution >= 0.6 is 22.9 Å². The van der Waals surface area contributed by atoms with E-state index in [1.807, 2.05) is 0 Å². The highest BCUT2D eigenvalue weighted by Crippen LogP contribution is 2.32. The zero-order valence-corrected chi connectivity index (χ0v) is 18.4. The van der Waals surface area contributed by atoms with Crippen molar-refractivity contribution in [3.63, 3.8) is 0 Å². The van der Waals surface area contributed by atoms with Gasteiger partial charge in [-0.1, -0.05) is 17.7 Å². The number of thiophene rings is 1. The van der Waals surface area contributed by atoms with Crippen LogP contribution in [0.2, 0.25) is 5.02 Å². The molecule has 29 heavy (non-hydrogen) atoms. The second-order valence-electron chi connectivity index (χ2n) is 6.26. The van der Waals surface area contributed by atoms with Crippen LogP contribution in [0, 0.1) is 12.7 Å². The molecule has 0 radical (unpaired) electrons. The molecule has 10 heteroatoms.